The molecule has 0 bridgehead atoms. The van der Waals surface area contributed by atoms with Crippen LogP contribution < -0.4 is 14.9 Å². The molecular formula is C18H19ClN4O2S. The second-order valence-corrected chi connectivity index (χ2v) is 6.22. The Bertz CT molecular complexity index is 940. The molecular weight excluding hydrogens is 372 g/mol. The van der Waals surface area contributed by atoms with E-state index in [0.717, 1.165) is 11.1 Å². The highest BCUT2D eigenvalue weighted by Crippen LogP contribution is 2.36. The van der Waals surface area contributed by atoms with Gasteiger partial charge in [-0.25, -0.2) is 9.77 Å². The van der Waals surface area contributed by atoms with Crippen LogP contribution in [0.4, 0.5) is 0 Å². The smallest absolute Gasteiger partial charge is 0.214 e. The van der Waals surface area contributed by atoms with E-state index in [0.29, 0.717) is 40.3 Å². The summed E-state index contributed by atoms with van der Waals surface area (Å²) in [7, 11) is 1.59. The summed E-state index contributed by atoms with van der Waals surface area (Å²) < 4.78 is 13.2. The van der Waals surface area contributed by atoms with Crippen LogP contribution in [-0.2, 0) is 6.54 Å². The van der Waals surface area contributed by atoms with E-state index < -0.39 is 0 Å². The molecule has 26 heavy (non-hydrogen) atoms. The summed E-state index contributed by atoms with van der Waals surface area (Å²) in [5.41, 5.74) is 5.15. The van der Waals surface area contributed by atoms with E-state index in [2.05, 4.69) is 15.6 Å². The second kappa shape index (κ2) is 8.25. The van der Waals surface area contributed by atoms with Gasteiger partial charge in [-0.2, -0.15) is 5.10 Å². The largest absolute Gasteiger partial charge is 0.493 e. The zero-order chi connectivity index (χ0) is 18.5. The van der Waals surface area contributed by atoms with Crippen molar-refractivity contribution in [1.82, 2.24) is 14.9 Å². The summed E-state index contributed by atoms with van der Waals surface area (Å²) in [6.07, 6.45) is 0. The third-order valence-corrected chi connectivity index (χ3v) is 4.28. The normalized spacial score (nSPS) is 10.6. The number of aromatic amines is 1. The van der Waals surface area contributed by atoms with E-state index in [1.165, 1.54) is 0 Å². The van der Waals surface area contributed by atoms with Crippen LogP contribution in [0.3, 0.4) is 0 Å². The number of benzene rings is 2. The minimum atomic E-state index is 0.479. The van der Waals surface area contributed by atoms with Gasteiger partial charge in [-0.05, 0) is 36.8 Å². The van der Waals surface area contributed by atoms with Crippen molar-refractivity contribution in [3.63, 3.8) is 0 Å². The molecule has 0 atom stereocenters. The molecule has 0 aliphatic heterocycles. The molecule has 0 unspecified atom stereocenters. The van der Waals surface area contributed by atoms with Crippen LogP contribution in [0.2, 0.25) is 5.02 Å². The Morgan fingerprint density at radius 2 is 2.04 bits per heavy atom. The molecule has 0 amide bonds. The maximum atomic E-state index is 6.33. The zero-order valence-electron chi connectivity index (χ0n) is 14.5. The number of nitrogens with zero attached hydrogens (tertiary/aromatic N) is 2. The molecule has 0 fully saturated rings. The first-order valence-electron chi connectivity index (χ1n) is 8.10. The number of rotatable bonds is 7. The third kappa shape index (κ3) is 3.84. The summed E-state index contributed by atoms with van der Waals surface area (Å²) in [5, 5.41) is 7.62. The highest BCUT2D eigenvalue weighted by molar-refractivity contribution is 7.71. The molecule has 0 radical (unpaired) electrons. The molecule has 1 aromatic heterocycles. The van der Waals surface area contributed by atoms with Crippen molar-refractivity contribution in [2.45, 2.75) is 13.5 Å². The van der Waals surface area contributed by atoms with E-state index in [9.17, 15) is 0 Å². The van der Waals surface area contributed by atoms with Gasteiger partial charge < -0.3 is 14.9 Å². The Labute approximate surface area is 161 Å². The van der Waals surface area contributed by atoms with Gasteiger partial charge in [-0.3, -0.25) is 0 Å². The standard InChI is InChI=1S/C18H19ClN4O2S/c1-3-25-16-14(19)9-12(10-15(16)24-2)11-20-23-17(21-22-18(23)26)13-7-5-4-6-8-13/h4-10,20H,3,11H2,1-2H3,(H,22,26). The number of methoxy groups -OCH3 is 1. The number of aromatic nitrogens is 3. The number of nitrogens with one attached hydrogen (secondary N) is 2. The van der Waals surface area contributed by atoms with Crippen LogP contribution >= 0.6 is 23.8 Å². The van der Waals surface area contributed by atoms with Crippen molar-refractivity contribution in [2.75, 3.05) is 19.1 Å². The molecule has 3 rings (SSSR count). The molecule has 3 aromatic rings. The van der Waals surface area contributed by atoms with Gasteiger partial charge in [0.25, 0.3) is 0 Å². The lowest BCUT2D eigenvalue weighted by atomic mass is 10.2. The van der Waals surface area contributed by atoms with E-state index in [1.807, 2.05) is 49.4 Å². The Morgan fingerprint density at radius 3 is 2.73 bits per heavy atom. The lowest BCUT2D eigenvalue weighted by Crippen LogP contribution is -2.16. The van der Waals surface area contributed by atoms with Crippen LogP contribution in [0, 0.1) is 4.77 Å². The van der Waals surface area contributed by atoms with Gasteiger partial charge in [0, 0.05) is 5.56 Å². The topological polar surface area (TPSA) is 64.1 Å². The van der Waals surface area contributed by atoms with Gasteiger partial charge in [-0.1, -0.05) is 41.9 Å². The summed E-state index contributed by atoms with van der Waals surface area (Å²) in [6.45, 7) is 2.89. The van der Waals surface area contributed by atoms with Crippen LogP contribution in [0.5, 0.6) is 11.5 Å². The molecule has 2 aromatic carbocycles. The highest BCUT2D eigenvalue weighted by Gasteiger charge is 2.13. The Kier molecular flexibility index (Phi) is 5.80. The minimum absolute atomic E-state index is 0.479. The first kappa shape index (κ1) is 18.3. The van der Waals surface area contributed by atoms with Crippen molar-refractivity contribution in [1.29, 1.82) is 0 Å². The van der Waals surface area contributed by atoms with Crippen LogP contribution in [0.15, 0.2) is 42.5 Å². The number of hydrogen-bond donors (Lipinski definition) is 2. The molecule has 136 valence electrons. The van der Waals surface area contributed by atoms with Crippen LogP contribution in [0.25, 0.3) is 11.4 Å². The molecule has 6 nitrogen and oxygen atoms in total. The van der Waals surface area contributed by atoms with E-state index in [-0.39, 0.29) is 0 Å². The first-order chi connectivity index (χ1) is 12.6. The third-order valence-electron chi connectivity index (χ3n) is 3.72. The van der Waals surface area contributed by atoms with Crippen molar-refractivity contribution < 1.29 is 9.47 Å². The average Bonchev–Trinajstić information content (AvgIpc) is 3.03. The van der Waals surface area contributed by atoms with Gasteiger partial charge in [0.1, 0.15) is 0 Å². The molecule has 0 spiro atoms. The Balaban J connectivity index is 1.85. The lowest BCUT2D eigenvalue weighted by molar-refractivity contribution is 0.311. The van der Waals surface area contributed by atoms with Gasteiger partial charge in [0.2, 0.25) is 4.77 Å². The van der Waals surface area contributed by atoms with E-state index >= 15 is 0 Å². The Morgan fingerprint density at radius 1 is 1.27 bits per heavy atom. The van der Waals surface area contributed by atoms with Crippen molar-refractivity contribution in [3.05, 3.63) is 57.8 Å². The SMILES string of the molecule is CCOc1c(Cl)cc(CNn2c(-c3ccccc3)n[nH]c2=S)cc1OC. The van der Waals surface area contributed by atoms with Crippen LogP contribution in [-0.4, -0.2) is 28.6 Å². The van der Waals surface area contributed by atoms with Gasteiger partial charge in [0.15, 0.2) is 17.3 Å². The fraction of sp³-hybridized carbons (Fsp3) is 0.222. The molecule has 0 saturated carbocycles. The molecule has 2 N–H and O–H groups in total. The maximum Gasteiger partial charge on any atom is 0.214 e. The molecule has 8 heteroatoms. The molecule has 1 heterocycles. The van der Waals surface area contributed by atoms with Crippen molar-refractivity contribution in [2.24, 2.45) is 0 Å². The zero-order valence-corrected chi connectivity index (χ0v) is 16.0. The van der Waals surface area contributed by atoms with Gasteiger partial charge in [-0.15, -0.1) is 0 Å². The quantitative estimate of drug-likeness (QED) is 0.585. The molecule has 0 aliphatic rings. The van der Waals surface area contributed by atoms with Crippen molar-refractivity contribution >= 4 is 23.8 Å². The minimum Gasteiger partial charge on any atom is -0.493 e. The fourth-order valence-electron chi connectivity index (χ4n) is 2.55. The number of hydrogen-bond acceptors (Lipinski definition) is 5. The van der Waals surface area contributed by atoms with E-state index in [4.69, 9.17) is 33.3 Å². The Hall–Kier alpha value is -2.51. The first-order valence-corrected chi connectivity index (χ1v) is 8.88. The summed E-state index contributed by atoms with van der Waals surface area (Å²) in [4.78, 5) is 0. The summed E-state index contributed by atoms with van der Waals surface area (Å²) >= 11 is 11.7. The highest BCUT2D eigenvalue weighted by atomic mass is 35.5. The number of ether oxygens (including phenoxy) is 2. The summed E-state index contributed by atoms with van der Waals surface area (Å²) in [6, 6.07) is 13.5. The van der Waals surface area contributed by atoms with Gasteiger partial charge in [0.05, 0.1) is 25.3 Å². The molecule has 0 saturated heterocycles. The van der Waals surface area contributed by atoms with Gasteiger partial charge >= 0.3 is 0 Å². The summed E-state index contributed by atoms with van der Waals surface area (Å²) in [5.74, 6) is 1.85. The number of halogens is 1. The monoisotopic (exact) mass is 390 g/mol. The van der Waals surface area contributed by atoms with Crippen LogP contribution in [0.1, 0.15) is 12.5 Å². The fourth-order valence-corrected chi connectivity index (χ4v) is 3.04. The molecule has 0 aliphatic carbocycles. The lowest BCUT2D eigenvalue weighted by Gasteiger charge is -2.14. The predicted octanol–water partition coefficient (Wildman–Crippen LogP) is 4.41. The number of H-pyrrole nitrogens is 1. The van der Waals surface area contributed by atoms with Crippen molar-refractivity contribution in [3.8, 4) is 22.9 Å². The maximum absolute atomic E-state index is 6.33. The van der Waals surface area contributed by atoms with E-state index in [1.54, 1.807) is 11.8 Å². The average molecular weight is 391 g/mol. The second-order valence-electron chi connectivity index (χ2n) is 5.43. The predicted molar refractivity (Wildman–Crippen MR) is 105 cm³/mol.